The molecule has 0 saturated carbocycles. The van der Waals surface area contributed by atoms with E-state index in [1.165, 1.54) is 0 Å². The van der Waals surface area contributed by atoms with E-state index in [-0.39, 0.29) is 11.8 Å². The second-order valence-corrected chi connectivity index (χ2v) is 7.35. The largest absolute Gasteiger partial charge is 0.496 e. The number of amides is 1. The molecule has 0 radical (unpaired) electrons. The molecule has 2 aromatic heterocycles. The number of methoxy groups -OCH3 is 1. The summed E-state index contributed by atoms with van der Waals surface area (Å²) in [5.41, 5.74) is 1.04. The summed E-state index contributed by atoms with van der Waals surface area (Å²) in [4.78, 5) is 27.5. The van der Waals surface area contributed by atoms with E-state index >= 15 is 0 Å². The molecule has 9 heteroatoms. The lowest BCUT2D eigenvalue weighted by molar-refractivity contribution is 0.0665. The molecular formula is C20H20ClN5O3. The molecule has 0 N–H and O–H groups in total. The van der Waals surface area contributed by atoms with Crippen molar-refractivity contribution in [1.82, 2.24) is 25.0 Å². The standard InChI is InChI=1S/C20H20ClN5O3/c1-28-17-5-4-14(21)10-15(17)20(27)26-8-2-3-13(12-26)9-18-24-19(25-29-18)16-11-22-6-7-23-16/h4-7,10-11,13H,2-3,8-9,12H2,1H3. The van der Waals surface area contributed by atoms with Crippen molar-refractivity contribution in [3.8, 4) is 17.3 Å². The molecule has 1 saturated heterocycles. The molecule has 1 atom stereocenters. The van der Waals surface area contributed by atoms with Crippen molar-refractivity contribution in [2.24, 2.45) is 5.92 Å². The minimum Gasteiger partial charge on any atom is -0.496 e. The Kier molecular flexibility index (Phi) is 5.71. The first kappa shape index (κ1) is 19.3. The van der Waals surface area contributed by atoms with Gasteiger partial charge >= 0.3 is 0 Å². The topological polar surface area (TPSA) is 94.2 Å². The Morgan fingerprint density at radius 1 is 1.38 bits per heavy atom. The number of carbonyl (C=O) groups is 1. The Morgan fingerprint density at radius 3 is 3.07 bits per heavy atom. The average Bonchev–Trinajstić information content (AvgIpc) is 3.22. The zero-order valence-corrected chi connectivity index (χ0v) is 16.7. The van der Waals surface area contributed by atoms with Gasteiger partial charge < -0.3 is 14.2 Å². The van der Waals surface area contributed by atoms with E-state index in [2.05, 4.69) is 20.1 Å². The third-order valence-electron chi connectivity index (χ3n) is 4.92. The molecule has 8 nitrogen and oxygen atoms in total. The van der Waals surface area contributed by atoms with E-state index in [4.69, 9.17) is 20.9 Å². The number of rotatable bonds is 5. The molecule has 1 amide bonds. The first-order valence-electron chi connectivity index (χ1n) is 9.36. The third-order valence-corrected chi connectivity index (χ3v) is 5.16. The second kappa shape index (κ2) is 8.57. The van der Waals surface area contributed by atoms with Crippen molar-refractivity contribution >= 4 is 17.5 Å². The maximum Gasteiger partial charge on any atom is 0.257 e. The normalized spacial score (nSPS) is 16.6. The van der Waals surface area contributed by atoms with Crippen molar-refractivity contribution in [2.75, 3.05) is 20.2 Å². The fourth-order valence-electron chi connectivity index (χ4n) is 3.54. The smallest absolute Gasteiger partial charge is 0.257 e. The highest BCUT2D eigenvalue weighted by atomic mass is 35.5. The zero-order chi connectivity index (χ0) is 20.2. The highest BCUT2D eigenvalue weighted by Crippen LogP contribution is 2.27. The first-order chi connectivity index (χ1) is 14.1. The van der Waals surface area contributed by atoms with Gasteiger partial charge in [0.05, 0.1) is 18.9 Å². The van der Waals surface area contributed by atoms with Gasteiger partial charge in [-0.15, -0.1) is 0 Å². The molecule has 0 aliphatic carbocycles. The predicted octanol–water partition coefficient (Wildman–Crippen LogP) is 3.28. The maximum atomic E-state index is 13.0. The van der Waals surface area contributed by atoms with Crippen molar-refractivity contribution in [1.29, 1.82) is 0 Å². The number of halogens is 1. The van der Waals surface area contributed by atoms with Crippen molar-refractivity contribution in [3.05, 3.63) is 53.3 Å². The van der Waals surface area contributed by atoms with Crippen LogP contribution < -0.4 is 4.74 Å². The van der Waals surface area contributed by atoms with E-state index in [0.29, 0.717) is 53.3 Å². The summed E-state index contributed by atoms with van der Waals surface area (Å²) < 4.78 is 10.7. The van der Waals surface area contributed by atoms with E-state index in [1.54, 1.807) is 43.9 Å². The molecule has 4 rings (SSSR count). The van der Waals surface area contributed by atoms with Gasteiger partial charge in [-0.3, -0.25) is 9.78 Å². The van der Waals surface area contributed by atoms with E-state index in [1.807, 2.05) is 4.90 Å². The number of likely N-dealkylation sites (tertiary alicyclic amines) is 1. The van der Waals surface area contributed by atoms with Gasteiger partial charge in [-0.2, -0.15) is 4.98 Å². The summed E-state index contributed by atoms with van der Waals surface area (Å²) in [5.74, 6) is 1.62. The van der Waals surface area contributed by atoms with Gasteiger partial charge in [0.15, 0.2) is 0 Å². The number of piperidine rings is 1. The molecule has 1 aliphatic rings. The summed E-state index contributed by atoms with van der Waals surface area (Å²) >= 11 is 6.08. The van der Waals surface area contributed by atoms with Crippen LogP contribution in [-0.2, 0) is 6.42 Å². The maximum absolute atomic E-state index is 13.0. The quantitative estimate of drug-likeness (QED) is 0.633. The molecule has 3 aromatic rings. The third kappa shape index (κ3) is 4.37. The van der Waals surface area contributed by atoms with E-state index in [0.717, 1.165) is 12.8 Å². The van der Waals surface area contributed by atoms with Crippen molar-refractivity contribution in [3.63, 3.8) is 0 Å². The minimum atomic E-state index is -0.0835. The van der Waals surface area contributed by atoms with Crippen LogP contribution in [0.5, 0.6) is 5.75 Å². The van der Waals surface area contributed by atoms with Crippen molar-refractivity contribution < 1.29 is 14.1 Å². The monoisotopic (exact) mass is 413 g/mol. The van der Waals surface area contributed by atoms with Gasteiger partial charge in [0.2, 0.25) is 11.7 Å². The van der Waals surface area contributed by atoms with Gasteiger partial charge in [-0.05, 0) is 37.0 Å². The Morgan fingerprint density at radius 2 is 2.28 bits per heavy atom. The molecule has 29 heavy (non-hydrogen) atoms. The second-order valence-electron chi connectivity index (χ2n) is 6.91. The van der Waals surface area contributed by atoms with Crippen LogP contribution in [0.25, 0.3) is 11.5 Å². The fraction of sp³-hybridized carbons (Fsp3) is 0.350. The number of benzene rings is 1. The lowest BCUT2D eigenvalue weighted by Gasteiger charge is -2.32. The summed E-state index contributed by atoms with van der Waals surface area (Å²) in [7, 11) is 1.54. The van der Waals surface area contributed by atoms with Crippen LogP contribution in [0.15, 0.2) is 41.3 Å². The number of hydrogen-bond acceptors (Lipinski definition) is 7. The number of nitrogens with zero attached hydrogens (tertiary/aromatic N) is 5. The lowest BCUT2D eigenvalue weighted by atomic mass is 9.94. The minimum absolute atomic E-state index is 0.0835. The van der Waals surface area contributed by atoms with Crippen LogP contribution in [0.3, 0.4) is 0 Å². The fourth-order valence-corrected chi connectivity index (χ4v) is 3.71. The zero-order valence-electron chi connectivity index (χ0n) is 15.9. The number of aromatic nitrogens is 4. The predicted molar refractivity (Wildman–Crippen MR) is 106 cm³/mol. The van der Waals surface area contributed by atoms with Crippen LogP contribution in [-0.4, -0.2) is 51.1 Å². The molecule has 1 aliphatic heterocycles. The van der Waals surface area contributed by atoms with Crippen LogP contribution in [0.4, 0.5) is 0 Å². The van der Waals surface area contributed by atoms with Gasteiger partial charge in [-0.1, -0.05) is 16.8 Å². The number of carbonyl (C=O) groups excluding carboxylic acids is 1. The molecular weight excluding hydrogens is 394 g/mol. The van der Waals surface area contributed by atoms with Gasteiger partial charge in [0.25, 0.3) is 5.91 Å². The molecule has 150 valence electrons. The highest BCUT2D eigenvalue weighted by Gasteiger charge is 2.28. The Hall–Kier alpha value is -3.00. The van der Waals surface area contributed by atoms with E-state index < -0.39 is 0 Å². The van der Waals surface area contributed by atoms with Crippen molar-refractivity contribution in [2.45, 2.75) is 19.3 Å². The Balaban J connectivity index is 1.45. The first-order valence-corrected chi connectivity index (χ1v) is 9.73. The van der Waals surface area contributed by atoms with Crippen LogP contribution in [0.1, 0.15) is 29.1 Å². The summed E-state index contributed by atoms with van der Waals surface area (Å²) in [6.07, 6.45) is 7.26. The van der Waals surface area contributed by atoms with Gasteiger partial charge in [0.1, 0.15) is 11.4 Å². The van der Waals surface area contributed by atoms with Gasteiger partial charge in [0, 0.05) is 36.9 Å². The van der Waals surface area contributed by atoms with Crippen LogP contribution in [0, 0.1) is 5.92 Å². The summed E-state index contributed by atoms with van der Waals surface area (Å²) in [5, 5.41) is 4.49. The van der Waals surface area contributed by atoms with Gasteiger partial charge in [-0.25, -0.2) is 4.98 Å². The van der Waals surface area contributed by atoms with Crippen LogP contribution >= 0.6 is 11.6 Å². The average molecular weight is 414 g/mol. The molecule has 1 fully saturated rings. The highest BCUT2D eigenvalue weighted by molar-refractivity contribution is 6.31. The summed E-state index contributed by atoms with van der Waals surface area (Å²) in [6.45, 7) is 1.30. The number of ether oxygens (including phenoxy) is 1. The van der Waals surface area contributed by atoms with Crippen LogP contribution in [0.2, 0.25) is 5.02 Å². The lowest BCUT2D eigenvalue weighted by Crippen LogP contribution is -2.40. The molecule has 1 unspecified atom stereocenters. The number of hydrogen-bond donors (Lipinski definition) is 0. The molecule has 0 spiro atoms. The SMILES string of the molecule is COc1ccc(Cl)cc1C(=O)N1CCCC(Cc2nc(-c3cnccn3)no2)C1. The molecule has 0 bridgehead atoms. The van der Waals surface area contributed by atoms with E-state index in [9.17, 15) is 4.79 Å². The molecule has 3 heterocycles. The Bertz CT molecular complexity index is 995. The molecule has 1 aromatic carbocycles. The Labute approximate surface area is 172 Å². The summed E-state index contributed by atoms with van der Waals surface area (Å²) in [6, 6.07) is 5.07.